The molecular formula is C16H27N3O2. The van der Waals surface area contributed by atoms with E-state index in [0.29, 0.717) is 22.6 Å². The molecule has 5 nitrogen and oxygen atoms in total. The molecule has 1 unspecified atom stereocenters. The van der Waals surface area contributed by atoms with Crippen LogP contribution in [0.5, 0.6) is 5.75 Å². The fourth-order valence-corrected chi connectivity index (χ4v) is 1.85. The summed E-state index contributed by atoms with van der Waals surface area (Å²) in [4.78, 5) is 0. The normalized spacial score (nSPS) is 14.0. The van der Waals surface area contributed by atoms with E-state index < -0.39 is 0 Å². The van der Waals surface area contributed by atoms with E-state index in [1.807, 2.05) is 12.1 Å². The first kappa shape index (κ1) is 17.3. The Labute approximate surface area is 127 Å². The van der Waals surface area contributed by atoms with Gasteiger partial charge in [-0.2, -0.15) is 0 Å². The van der Waals surface area contributed by atoms with Gasteiger partial charge in [-0.1, -0.05) is 38.9 Å². The third-order valence-electron chi connectivity index (χ3n) is 3.91. The topological polar surface area (TPSA) is 79.9 Å². The summed E-state index contributed by atoms with van der Waals surface area (Å²) in [6.07, 6.45) is 0. The van der Waals surface area contributed by atoms with Crippen LogP contribution in [-0.4, -0.2) is 24.7 Å². The van der Waals surface area contributed by atoms with E-state index in [4.69, 9.17) is 15.7 Å². The maximum absolute atomic E-state index is 8.75. The Balaban J connectivity index is 2.70. The number of ether oxygens (including phenoxy) is 1. The SMILES string of the molecule is COc1cc(CNCC(C)C(C)(C)C)ccc1/C(N)=N/O. The Morgan fingerprint density at radius 1 is 1.43 bits per heavy atom. The molecule has 0 radical (unpaired) electrons. The van der Waals surface area contributed by atoms with Crippen LogP contribution < -0.4 is 15.8 Å². The van der Waals surface area contributed by atoms with Crippen LogP contribution in [0.4, 0.5) is 0 Å². The van der Waals surface area contributed by atoms with Crippen molar-refractivity contribution in [3.8, 4) is 5.75 Å². The van der Waals surface area contributed by atoms with Gasteiger partial charge < -0.3 is 21.0 Å². The molecule has 0 fully saturated rings. The highest BCUT2D eigenvalue weighted by atomic mass is 16.5. The molecule has 0 aliphatic heterocycles. The lowest BCUT2D eigenvalue weighted by Crippen LogP contribution is -2.29. The molecule has 4 N–H and O–H groups in total. The smallest absolute Gasteiger partial charge is 0.173 e. The van der Waals surface area contributed by atoms with Crippen molar-refractivity contribution in [1.29, 1.82) is 0 Å². The quantitative estimate of drug-likeness (QED) is 0.326. The standard InChI is InChI=1S/C16H27N3O2/c1-11(16(2,3)4)9-18-10-12-6-7-13(15(17)19-20)14(8-12)21-5/h6-8,11,18,20H,9-10H2,1-5H3,(H2,17,19). The largest absolute Gasteiger partial charge is 0.496 e. The Hall–Kier alpha value is -1.75. The van der Waals surface area contributed by atoms with Crippen LogP contribution in [0.3, 0.4) is 0 Å². The molecule has 0 amide bonds. The minimum absolute atomic E-state index is 0.0488. The Morgan fingerprint density at radius 2 is 2.10 bits per heavy atom. The van der Waals surface area contributed by atoms with Gasteiger partial charge in [0.15, 0.2) is 5.84 Å². The molecule has 0 aliphatic carbocycles. The van der Waals surface area contributed by atoms with Crippen LogP contribution in [0.15, 0.2) is 23.4 Å². The van der Waals surface area contributed by atoms with Gasteiger partial charge in [0, 0.05) is 6.54 Å². The molecule has 0 aliphatic rings. The van der Waals surface area contributed by atoms with Gasteiger partial charge in [0.25, 0.3) is 0 Å². The van der Waals surface area contributed by atoms with Gasteiger partial charge in [-0.15, -0.1) is 0 Å². The number of hydrogen-bond donors (Lipinski definition) is 3. The summed E-state index contributed by atoms with van der Waals surface area (Å²) in [7, 11) is 1.57. The molecule has 0 saturated carbocycles. The first-order valence-electron chi connectivity index (χ1n) is 7.15. The van der Waals surface area contributed by atoms with Gasteiger partial charge in [0.2, 0.25) is 0 Å². The van der Waals surface area contributed by atoms with E-state index in [9.17, 15) is 0 Å². The lowest BCUT2D eigenvalue weighted by atomic mass is 9.82. The molecule has 1 rings (SSSR count). The van der Waals surface area contributed by atoms with Gasteiger partial charge in [0.1, 0.15) is 5.75 Å². The number of nitrogens with one attached hydrogen (secondary N) is 1. The first-order valence-corrected chi connectivity index (χ1v) is 7.15. The van der Waals surface area contributed by atoms with E-state index in [0.717, 1.165) is 18.7 Å². The summed E-state index contributed by atoms with van der Waals surface area (Å²) in [5.41, 5.74) is 7.59. The van der Waals surface area contributed by atoms with E-state index >= 15 is 0 Å². The fraction of sp³-hybridized carbons (Fsp3) is 0.562. The van der Waals surface area contributed by atoms with Crippen LogP contribution in [0.2, 0.25) is 0 Å². The highest BCUT2D eigenvalue weighted by Gasteiger charge is 2.19. The van der Waals surface area contributed by atoms with E-state index in [2.05, 4.69) is 38.2 Å². The predicted octanol–water partition coefficient (Wildman–Crippen LogP) is 2.56. The van der Waals surface area contributed by atoms with Gasteiger partial charge in [-0.05, 0) is 35.6 Å². The molecule has 1 atom stereocenters. The number of nitrogens with two attached hydrogens (primary N) is 1. The number of nitrogens with zero attached hydrogens (tertiary/aromatic N) is 1. The molecule has 0 bridgehead atoms. The van der Waals surface area contributed by atoms with Crippen LogP contribution in [0, 0.1) is 11.3 Å². The fourth-order valence-electron chi connectivity index (χ4n) is 1.85. The van der Waals surface area contributed by atoms with E-state index in [1.165, 1.54) is 0 Å². The number of hydrogen-bond acceptors (Lipinski definition) is 4. The zero-order chi connectivity index (χ0) is 16.0. The summed E-state index contributed by atoms with van der Waals surface area (Å²) in [6.45, 7) is 10.7. The minimum Gasteiger partial charge on any atom is -0.496 e. The highest BCUT2D eigenvalue weighted by Crippen LogP contribution is 2.24. The molecule has 0 aromatic heterocycles. The summed E-state index contributed by atoms with van der Waals surface area (Å²) < 4.78 is 5.29. The van der Waals surface area contributed by atoms with Gasteiger partial charge in [0.05, 0.1) is 12.7 Å². The molecule has 21 heavy (non-hydrogen) atoms. The second kappa shape index (κ2) is 7.31. The summed E-state index contributed by atoms with van der Waals surface area (Å²) in [5.74, 6) is 1.23. The summed E-state index contributed by atoms with van der Waals surface area (Å²) in [6, 6.07) is 5.66. The second-order valence-corrected chi connectivity index (χ2v) is 6.42. The lowest BCUT2D eigenvalue weighted by molar-refractivity contribution is 0.252. The maximum atomic E-state index is 8.75. The molecule has 0 saturated heterocycles. The molecule has 0 spiro atoms. The lowest BCUT2D eigenvalue weighted by Gasteiger charge is -2.27. The van der Waals surface area contributed by atoms with Crippen LogP contribution in [-0.2, 0) is 6.54 Å². The molecule has 118 valence electrons. The van der Waals surface area contributed by atoms with Crippen molar-refractivity contribution in [2.24, 2.45) is 22.2 Å². The van der Waals surface area contributed by atoms with Crippen molar-refractivity contribution in [2.75, 3.05) is 13.7 Å². The van der Waals surface area contributed by atoms with Crippen molar-refractivity contribution in [1.82, 2.24) is 5.32 Å². The second-order valence-electron chi connectivity index (χ2n) is 6.42. The molecule has 5 heteroatoms. The van der Waals surface area contributed by atoms with Gasteiger partial charge >= 0.3 is 0 Å². The van der Waals surface area contributed by atoms with Crippen molar-refractivity contribution < 1.29 is 9.94 Å². The third kappa shape index (κ3) is 4.93. The zero-order valence-electron chi connectivity index (χ0n) is 13.6. The van der Waals surface area contributed by atoms with E-state index in [1.54, 1.807) is 13.2 Å². The first-order chi connectivity index (χ1) is 9.79. The Morgan fingerprint density at radius 3 is 2.62 bits per heavy atom. The summed E-state index contributed by atoms with van der Waals surface area (Å²) in [5, 5.41) is 15.2. The predicted molar refractivity (Wildman–Crippen MR) is 85.8 cm³/mol. The number of oxime groups is 1. The van der Waals surface area contributed by atoms with Gasteiger partial charge in [-0.3, -0.25) is 0 Å². The number of amidine groups is 1. The molecular weight excluding hydrogens is 266 g/mol. The average Bonchev–Trinajstić information content (AvgIpc) is 2.45. The zero-order valence-corrected chi connectivity index (χ0v) is 13.6. The van der Waals surface area contributed by atoms with Crippen LogP contribution >= 0.6 is 0 Å². The minimum atomic E-state index is 0.0488. The number of methoxy groups -OCH3 is 1. The number of rotatable bonds is 6. The van der Waals surface area contributed by atoms with Crippen LogP contribution in [0.25, 0.3) is 0 Å². The third-order valence-corrected chi connectivity index (χ3v) is 3.91. The van der Waals surface area contributed by atoms with Crippen molar-refractivity contribution in [2.45, 2.75) is 34.2 Å². The maximum Gasteiger partial charge on any atom is 0.173 e. The van der Waals surface area contributed by atoms with Gasteiger partial charge in [-0.25, -0.2) is 0 Å². The van der Waals surface area contributed by atoms with E-state index in [-0.39, 0.29) is 5.84 Å². The molecule has 0 heterocycles. The molecule has 1 aromatic rings. The molecule has 1 aromatic carbocycles. The Kier molecular flexibility index (Phi) is 6.03. The average molecular weight is 293 g/mol. The van der Waals surface area contributed by atoms with Crippen LogP contribution in [0.1, 0.15) is 38.8 Å². The monoisotopic (exact) mass is 293 g/mol. The Bertz CT molecular complexity index is 493. The summed E-state index contributed by atoms with van der Waals surface area (Å²) >= 11 is 0. The van der Waals surface area contributed by atoms with Crippen molar-refractivity contribution in [3.63, 3.8) is 0 Å². The highest BCUT2D eigenvalue weighted by molar-refractivity contribution is 5.99. The van der Waals surface area contributed by atoms with Crippen molar-refractivity contribution >= 4 is 5.84 Å². The van der Waals surface area contributed by atoms with Crippen molar-refractivity contribution in [3.05, 3.63) is 29.3 Å². The number of benzene rings is 1.